The fourth-order valence-electron chi connectivity index (χ4n) is 2.73. The minimum Gasteiger partial charge on any atom is -0.393 e. The zero-order valence-electron chi connectivity index (χ0n) is 11.6. The Morgan fingerprint density at radius 3 is 2.65 bits per heavy atom. The molecule has 2 aliphatic rings. The van der Waals surface area contributed by atoms with E-state index >= 15 is 0 Å². The van der Waals surface area contributed by atoms with Crippen molar-refractivity contribution in [1.29, 1.82) is 0 Å². The van der Waals surface area contributed by atoms with Gasteiger partial charge in [0.2, 0.25) is 5.91 Å². The molecule has 0 saturated heterocycles. The molecule has 2 saturated carbocycles. The van der Waals surface area contributed by atoms with Crippen LogP contribution in [0.1, 0.15) is 44.1 Å². The molecule has 0 aromatic carbocycles. The summed E-state index contributed by atoms with van der Waals surface area (Å²) in [5, 5.41) is 12.3. The summed E-state index contributed by atoms with van der Waals surface area (Å²) in [5.41, 5.74) is 1.29. The van der Waals surface area contributed by atoms with E-state index in [9.17, 15) is 14.7 Å². The van der Waals surface area contributed by atoms with Gasteiger partial charge >= 0.3 is 0 Å². The lowest BCUT2D eigenvalue weighted by molar-refractivity contribution is -0.114. The van der Waals surface area contributed by atoms with Crippen molar-refractivity contribution in [2.75, 3.05) is 5.32 Å². The average Bonchev–Trinajstić information content (AvgIpc) is 3.21. The quantitative estimate of drug-likeness (QED) is 0.874. The highest BCUT2D eigenvalue weighted by Crippen LogP contribution is 2.40. The maximum Gasteiger partial charge on any atom is 0.274 e. The largest absolute Gasteiger partial charge is 0.393 e. The Labute approximate surface area is 117 Å². The fourth-order valence-corrected chi connectivity index (χ4v) is 2.73. The number of anilines is 1. The Bertz CT molecular complexity index is 589. The lowest BCUT2D eigenvalue weighted by Crippen LogP contribution is -2.37. The highest BCUT2D eigenvalue weighted by molar-refractivity contribution is 5.88. The summed E-state index contributed by atoms with van der Waals surface area (Å²) in [5.74, 6) is 0.443. The first kappa shape index (κ1) is 13.4. The predicted molar refractivity (Wildman–Crippen MR) is 75.7 cm³/mol. The summed E-state index contributed by atoms with van der Waals surface area (Å²) in [6.45, 7) is 1.94. The van der Waals surface area contributed by atoms with Gasteiger partial charge < -0.3 is 15.0 Å². The molecule has 5 heteroatoms. The third kappa shape index (κ3) is 2.63. The lowest BCUT2D eigenvalue weighted by Gasteiger charge is -2.32. The van der Waals surface area contributed by atoms with Gasteiger partial charge in [0, 0.05) is 25.6 Å². The minimum absolute atomic E-state index is 0.160. The standard InChI is InChI=1S/C15H20N2O3/c1-9(18)16-13-6-12(10-2-3-10)8-17(15(13)20)7-11-4-5-14(11)19/h6,8,10-11,14,19H,2-5,7H2,1H3,(H,16,18)/t11?,14-/m0/s1. The zero-order valence-corrected chi connectivity index (χ0v) is 11.6. The van der Waals surface area contributed by atoms with E-state index in [2.05, 4.69) is 5.32 Å². The molecule has 0 spiro atoms. The molecule has 1 aromatic rings. The molecule has 0 radical (unpaired) electrons. The van der Waals surface area contributed by atoms with Crippen LogP contribution < -0.4 is 10.9 Å². The van der Waals surface area contributed by atoms with Crippen molar-refractivity contribution >= 4 is 11.6 Å². The molecule has 20 heavy (non-hydrogen) atoms. The van der Waals surface area contributed by atoms with Crippen LogP contribution in [0.3, 0.4) is 0 Å². The molecule has 108 valence electrons. The molecule has 2 aliphatic carbocycles. The third-order valence-corrected chi connectivity index (χ3v) is 4.28. The number of pyridine rings is 1. The molecule has 0 bridgehead atoms. The van der Waals surface area contributed by atoms with Gasteiger partial charge in [-0.2, -0.15) is 0 Å². The van der Waals surface area contributed by atoms with Gasteiger partial charge in [-0.05, 0) is 43.2 Å². The normalized spacial score (nSPS) is 25.1. The van der Waals surface area contributed by atoms with Gasteiger partial charge in [-0.3, -0.25) is 9.59 Å². The van der Waals surface area contributed by atoms with Gasteiger partial charge in [-0.15, -0.1) is 0 Å². The van der Waals surface area contributed by atoms with Gasteiger partial charge in [0.05, 0.1) is 6.10 Å². The molecular formula is C15H20N2O3. The number of aliphatic hydroxyl groups is 1. The molecule has 3 rings (SSSR count). The second-order valence-electron chi connectivity index (χ2n) is 6.00. The number of hydrogen-bond acceptors (Lipinski definition) is 3. The van der Waals surface area contributed by atoms with Crippen LogP contribution in [0, 0.1) is 5.92 Å². The highest BCUT2D eigenvalue weighted by Gasteiger charge is 2.30. The number of amides is 1. The van der Waals surface area contributed by atoms with Gasteiger partial charge in [-0.1, -0.05) is 0 Å². The van der Waals surface area contributed by atoms with E-state index in [4.69, 9.17) is 0 Å². The molecule has 5 nitrogen and oxygen atoms in total. The zero-order chi connectivity index (χ0) is 14.3. The summed E-state index contributed by atoms with van der Waals surface area (Å²) in [6, 6.07) is 1.80. The monoisotopic (exact) mass is 276 g/mol. The number of rotatable bonds is 4. The van der Waals surface area contributed by atoms with Gasteiger partial charge in [0.25, 0.3) is 5.56 Å². The summed E-state index contributed by atoms with van der Waals surface area (Å²) in [4.78, 5) is 23.6. The van der Waals surface area contributed by atoms with E-state index < -0.39 is 0 Å². The van der Waals surface area contributed by atoms with Crippen LogP contribution in [0.25, 0.3) is 0 Å². The summed E-state index contributed by atoms with van der Waals surface area (Å²) < 4.78 is 1.66. The average molecular weight is 276 g/mol. The van der Waals surface area contributed by atoms with Crippen LogP contribution in [0.5, 0.6) is 0 Å². The van der Waals surface area contributed by atoms with Crippen molar-refractivity contribution in [1.82, 2.24) is 4.57 Å². The number of nitrogens with one attached hydrogen (secondary N) is 1. The first-order chi connectivity index (χ1) is 9.54. The van der Waals surface area contributed by atoms with E-state index in [0.717, 1.165) is 31.2 Å². The van der Waals surface area contributed by atoms with Gasteiger partial charge in [0.15, 0.2) is 0 Å². The first-order valence-electron chi connectivity index (χ1n) is 7.24. The third-order valence-electron chi connectivity index (χ3n) is 4.28. The SMILES string of the molecule is CC(=O)Nc1cc(C2CC2)cn(CC2CC[C@@H]2O)c1=O. The predicted octanol–water partition coefficient (Wildman–Crippen LogP) is 1.45. The summed E-state index contributed by atoms with van der Waals surface area (Å²) in [7, 11) is 0. The fraction of sp³-hybridized carbons (Fsp3) is 0.600. The van der Waals surface area contributed by atoms with Crippen molar-refractivity contribution in [3.05, 3.63) is 28.2 Å². The van der Waals surface area contributed by atoms with E-state index in [1.807, 2.05) is 6.20 Å². The van der Waals surface area contributed by atoms with Crippen LogP contribution in [-0.2, 0) is 11.3 Å². The highest BCUT2D eigenvalue weighted by atomic mass is 16.3. The van der Waals surface area contributed by atoms with Crippen LogP contribution in [0.2, 0.25) is 0 Å². The van der Waals surface area contributed by atoms with E-state index in [1.54, 1.807) is 10.6 Å². The smallest absolute Gasteiger partial charge is 0.274 e. The Morgan fingerprint density at radius 1 is 1.40 bits per heavy atom. The van der Waals surface area contributed by atoms with Gasteiger partial charge in [-0.25, -0.2) is 0 Å². The van der Waals surface area contributed by atoms with E-state index in [1.165, 1.54) is 6.92 Å². The van der Waals surface area contributed by atoms with E-state index in [0.29, 0.717) is 18.2 Å². The maximum absolute atomic E-state index is 12.3. The molecule has 1 amide bonds. The molecule has 1 heterocycles. The number of carbonyl (C=O) groups is 1. The second-order valence-corrected chi connectivity index (χ2v) is 6.00. The molecule has 0 aliphatic heterocycles. The molecule has 2 fully saturated rings. The number of hydrogen-bond donors (Lipinski definition) is 2. The van der Waals surface area contributed by atoms with Crippen molar-refractivity contribution in [2.45, 2.75) is 51.2 Å². The van der Waals surface area contributed by atoms with Crippen LogP contribution in [-0.4, -0.2) is 21.7 Å². The Morgan fingerprint density at radius 2 is 2.15 bits per heavy atom. The van der Waals surface area contributed by atoms with E-state index in [-0.39, 0.29) is 23.5 Å². The van der Waals surface area contributed by atoms with Gasteiger partial charge in [0.1, 0.15) is 5.69 Å². The molecule has 2 atom stereocenters. The first-order valence-corrected chi connectivity index (χ1v) is 7.24. The van der Waals surface area contributed by atoms with Crippen molar-refractivity contribution < 1.29 is 9.90 Å². The topological polar surface area (TPSA) is 71.3 Å². The Hall–Kier alpha value is -1.62. The van der Waals surface area contributed by atoms with Crippen molar-refractivity contribution in [3.63, 3.8) is 0 Å². The number of carbonyl (C=O) groups excluding carboxylic acids is 1. The lowest BCUT2D eigenvalue weighted by atomic mass is 9.82. The summed E-state index contributed by atoms with van der Waals surface area (Å²) in [6.07, 6.45) is 5.66. The minimum atomic E-state index is -0.296. The number of nitrogens with zero attached hydrogens (tertiary/aromatic N) is 1. The van der Waals surface area contributed by atoms with Crippen molar-refractivity contribution in [3.8, 4) is 0 Å². The molecule has 1 aromatic heterocycles. The number of aliphatic hydroxyl groups excluding tert-OH is 1. The van der Waals surface area contributed by atoms with Crippen LogP contribution >= 0.6 is 0 Å². The number of aromatic nitrogens is 1. The summed E-state index contributed by atoms with van der Waals surface area (Å²) >= 11 is 0. The Kier molecular flexibility index (Phi) is 3.38. The second kappa shape index (κ2) is 5.05. The molecule has 1 unspecified atom stereocenters. The Balaban J connectivity index is 1.91. The maximum atomic E-state index is 12.3. The van der Waals surface area contributed by atoms with Crippen LogP contribution in [0.15, 0.2) is 17.1 Å². The van der Waals surface area contributed by atoms with Crippen molar-refractivity contribution in [2.24, 2.45) is 5.92 Å². The molecular weight excluding hydrogens is 256 g/mol. The van der Waals surface area contributed by atoms with Crippen LogP contribution in [0.4, 0.5) is 5.69 Å². The molecule has 2 N–H and O–H groups in total.